The van der Waals surface area contributed by atoms with E-state index in [4.69, 9.17) is 28.8 Å². The summed E-state index contributed by atoms with van der Waals surface area (Å²) in [5, 5.41) is 20.9. The maximum Gasteiger partial charge on any atom is 0.329 e. The SMILES string of the molecule is CC[C@@H]1/C=C(\C)C[C@H](C)C[C@H](OC)[C@H]2O[C@@](O)(C(=O)C(=O)N3CCCC[C@H]3C(=O)O[C@H](/C(C)=C/C3CCC(OC(=O)CC(=O)O)CC3)[C@H](C)/C=C/C1=O)[C@H](C)C[C@@H]2OC. The topological polar surface area (TPSA) is 192 Å². The van der Waals surface area contributed by atoms with Crippen LogP contribution in [0.15, 0.2) is 35.5 Å². The van der Waals surface area contributed by atoms with Gasteiger partial charge in [-0.05, 0) is 108 Å². The number of Topliss-reactive ketones (excluding diaryl/α,β-unsaturated/α-hetero) is 1. The van der Waals surface area contributed by atoms with Gasteiger partial charge in [-0.25, -0.2) is 4.79 Å². The molecule has 1 amide bonds. The number of aliphatic hydroxyl groups is 1. The minimum Gasteiger partial charge on any atom is -0.481 e. The molecule has 330 valence electrons. The van der Waals surface area contributed by atoms with Crippen molar-refractivity contribution in [2.75, 3.05) is 20.8 Å². The highest BCUT2D eigenvalue weighted by molar-refractivity contribution is 6.39. The number of carbonyl (C=O) groups excluding carboxylic acids is 5. The second kappa shape index (κ2) is 21.7. The van der Waals surface area contributed by atoms with E-state index in [2.05, 4.69) is 6.92 Å². The zero-order valence-corrected chi connectivity index (χ0v) is 36.2. The standard InChI is InChI=1S/C45H67NO13/c1-9-32-21-26(2)20-27(3)22-36(55-7)41-37(56-8)24-30(6)45(54,59-41)42(51)43(52)46-19-11-10-12-34(46)44(53)58-40(28(4)13-18-35(32)47)29(5)23-31-14-16-33(17-15-31)57-39(50)25-38(48)49/h13,18,21,23,27-28,30-34,36-37,40-41,54H,9-12,14-17,19-20,22,24-25H2,1-8H3,(H,48,49)/b18-13+,26-21+,29-23+/t27-,28+,30+,31?,32+,33?,34-,36-,37-,40-,41+,45+/m0/s1. The lowest BCUT2D eigenvalue weighted by atomic mass is 9.82. The first-order chi connectivity index (χ1) is 27.9. The van der Waals surface area contributed by atoms with E-state index in [1.165, 1.54) is 19.1 Å². The molecule has 3 heterocycles. The number of ketones is 2. The average molecular weight is 830 g/mol. The molecule has 1 aliphatic carbocycles. The van der Waals surface area contributed by atoms with Gasteiger partial charge in [0.05, 0.1) is 12.2 Å². The molecule has 0 aromatic heterocycles. The van der Waals surface area contributed by atoms with Crippen molar-refractivity contribution >= 4 is 35.4 Å². The van der Waals surface area contributed by atoms with Crippen LogP contribution in [0.3, 0.4) is 0 Å². The molecular weight excluding hydrogens is 762 g/mol. The van der Waals surface area contributed by atoms with Gasteiger partial charge in [-0.1, -0.05) is 51.5 Å². The predicted octanol–water partition coefficient (Wildman–Crippen LogP) is 5.68. The van der Waals surface area contributed by atoms with Crippen molar-refractivity contribution < 1.29 is 62.7 Å². The monoisotopic (exact) mass is 829 g/mol. The molecule has 0 spiro atoms. The summed E-state index contributed by atoms with van der Waals surface area (Å²) in [7, 11) is 3.06. The van der Waals surface area contributed by atoms with Crippen molar-refractivity contribution in [2.45, 2.75) is 161 Å². The van der Waals surface area contributed by atoms with E-state index in [0.29, 0.717) is 57.8 Å². The maximum atomic E-state index is 14.3. The molecule has 59 heavy (non-hydrogen) atoms. The van der Waals surface area contributed by atoms with Gasteiger partial charge in [0.25, 0.3) is 11.7 Å². The number of methoxy groups -OCH3 is 2. The first-order valence-electron chi connectivity index (χ1n) is 21.4. The molecule has 3 aliphatic heterocycles. The van der Waals surface area contributed by atoms with Crippen LogP contribution in [0.4, 0.5) is 0 Å². The van der Waals surface area contributed by atoms with Crippen LogP contribution in [0, 0.1) is 29.6 Å². The molecular formula is C45H67NO13. The minimum absolute atomic E-state index is 0.0499. The molecule has 3 fully saturated rings. The third kappa shape index (κ3) is 12.4. The van der Waals surface area contributed by atoms with Gasteiger partial charge in [0.1, 0.15) is 30.8 Å². The number of aliphatic carboxylic acids is 1. The molecule has 2 bridgehead atoms. The lowest BCUT2D eigenvalue weighted by Gasteiger charge is -2.47. The summed E-state index contributed by atoms with van der Waals surface area (Å²) in [6, 6.07) is -1.10. The summed E-state index contributed by atoms with van der Waals surface area (Å²) in [5.74, 6) is -9.04. The summed E-state index contributed by atoms with van der Waals surface area (Å²) < 4.78 is 29.6. The summed E-state index contributed by atoms with van der Waals surface area (Å²) in [6.07, 6.45) is 9.11. The molecule has 4 aliphatic rings. The van der Waals surface area contributed by atoms with Gasteiger partial charge in [0.2, 0.25) is 5.79 Å². The van der Waals surface area contributed by atoms with E-state index in [1.807, 2.05) is 39.8 Å². The van der Waals surface area contributed by atoms with Crippen molar-refractivity contribution in [3.8, 4) is 0 Å². The van der Waals surface area contributed by atoms with E-state index in [1.54, 1.807) is 19.1 Å². The van der Waals surface area contributed by atoms with E-state index in [9.17, 15) is 33.9 Å². The number of hydrogen-bond acceptors (Lipinski definition) is 12. The number of esters is 2. The molecule has 2 N–H and O–H groups in total. The highest BCUT2D eigenvalue weighted by Gasteiger charge is 2.56. The molecule has 2 saturated heterocycles. The van der Waals surface area contributed by atoms with E-state index >= 15 is 0 Å². The molecule has 14 heteroatoms. The number of nitrogens with zero attached hydrogens (tertiary/aromatic N) is 1. The Morgan fingerprint density at radius 2 is 1.64 bits per heavy atom. The van der Waals surface area contributed by atoms with E-state index in [-0.39, 0.29) is 49.0 Å². The zero-order chi connectivity index (χ0) is 43.6. The Morgan fingerprint density at radius 1 is 0.983 bits per heavy atom. The second-order valence-corrected chi connectivity index (χ2v) is 17.4. The normalized spacial score (nSPS) is 37.6. The van der Waals surface area contributed by atoms with E-state index in [0.717, 1.165) is 11.1 Å². The van der Waals surface area contributed by atoms with Gasteiger partial charge in [-0.15, -0.1) is 0 Å². The lowest BCUT2D eigenvalue weighted by molar-refractivity contribution is -0.302. The number of cyclic esters (lactones) is 1. The maximum absolute atomic E-state index is 14.3. The van der Waals surface area contributed by atoms with Crippen LogP contribution in [-0.4, -0.2) is 114 Å². The van der Waals surface area contributed by atoms with Crippen molar-refractivity contribution in [2.24, 2.45) is 29.6 Å². The van der Waals surface area contributed by atoms with Crippen LogP contribution in [0.1, 0.15) is 119 Å². The summed E-state index contributed by atoms with van der Waals surface area (Å²) in [5.41, 5.74) is 1.76. The fraction of sp³-hybridized carbons (Fsp3) is 0.733. The van der Waals surface area contributed by atoms with Crippen LogP contribution in [0.5, 0.6) is 0 Å². The number of carboxylic acids is 1. The largest absolute Gasteiger partial charge is 0.481 e. The fourth-order valence-corrected chi connectivity index (χ4v) is 9.26. The van der Waals surface area contributed by atoms with Crippen LogP contribution in [0.2, 0.25) is 0 Å². The quantitative estimate of drug-likeness (QED) is 0.132. The summed E-state index contributed by atoms with van der Waals surface area (Å²) >= 11 is 0. The fourth-order valence-electron chi connectivity index (χ4n) is 9.26. The van der Waals surface area contributed by atoms with Crippen molar-refractivity contribution in [1.29, 1.82) is 0 Å². The molecule has 10 atom stereocenters. The Labute approximate surface area is 349 Å². The number of hydrogen-bond donors (Lipinski definition) is 2. The Kier molecular flexibility index (Phi) is 17.6. The second-order valence-electron chi connectivity index (χ2n) is 17.4. The summed E-state index contributed by atoms with van der Waals surface area (Å²) in [4.78, 5) is 80.5. The van der Waals surface area contributed by atoms with Crippen LogP contribution in [-0.2, 0) is 52.5 Å². The number of fused-ring (bicyclic) bond motifs is 3. The third-order valence-electron chi connectivity index (χ3n) is 12.6. The van der Waals surface area contributed by atoms with Crippen LogP contribution < -0.4 is 0 Å². The molecule has 0 aromatic rings. The Hall–Kier alpha value is -3.72. The van der Waals surface area contributed by atoms with E-state index < -0.39 is 84.1 Å². The van der Waals surface area contributed by atoms with Gasteiger partial charge < -0.3 is 38.8 Å². The van der Waals surface area contributed by atoms with Gasteiger partial charge in [0.15, 0.2) is 5.78 Å². The number of ether oxygens (including phenoxy) is 5. The van der Waals surface area contributed by atoms with Crippen LogP contribution >= 0.6 is 0 Å². The first kappa shape index (κ1) is 48.0. The number of carbonyl (C=O) groups is 6. The number of carboxylic acid groups (broad SMARTS) is 1. The molecule has 1 saturated carbocycles. The third-order valence-corrected chi connectivity index (χ3v) is 12.6. The first-order valence-corrected chi connectivity index (χ1v) is 21.4. The number of amides is 1. The van der Waals surface area contributed by atoms with Gasteiger partial charge in [-0.3, -0.25) is 24.0 Å². The number of rotatable bonds is 8. The lowest BCUT2D eigenvalue weighted by Crippen LogP contribution is -2.64. The van der Waals surface area contributed by atoms with Crippen molar-refractivity contribution in [3.05, 3.63) is 35.5 Å². The van der Waals surface area contributed by atoms with Gasteiger partial charge in [0, 0.05) is 38.5 Å². The van der Waals surface area contributed by atoms with Crippen LogP contribution in [0.25, 0.3) is 0 Å². The summed E-state index contributed by atoms with van der Waals surface area (Å²) in [6.45, 7) is 11.5. The minimum atomic E-state index is -2.50. The molecule has 0 aromatic carbocycles. The molecule has 14 nitrogen and oxygen atoms in total. The molecule has 0 unspecified atom stereocenters. The van der Waals surface area contributed by atoms with Crippen molar-refractivity contribution in [3.63, 3.8) is 0 Å². The smallest absolute Gasteiger partial charge is 0.329 e. The average Bonchev–Trinajstić information content (AvgIpc) is 3.20. The Morgan fingerprint density at radius 3 is 2.27 bits per heavy atom. The predicted molar refractivity (Wildman–Crippen MR) is 217 cm³/mol. The number of piperidine rings is 1. The van der Waals surface area contributed by atoms with Crippen molar-refractivity contribution in [1.82, 2.24) is 4.90 Å². The Bertz CT molecular complexity index is 1610. The van der Waals surface area contributed by atoms with Gasteiger partial charge >= 0.3 is 17.9 Å². The number of allylic oxidation sites excluding steroid dienone is 4. The molecule has 4 rings (SSSR count). The van der Waals surface area contributed by atoms with Gasteiger partial charge in [-0.2, -0.15) is 0 Å². The Balaban J connectivity index is 1.70. The zero-order valence-electron chi connectivity index (χ0n) is 36.2. The molecule has 0 radical (unpaired) electrons. The highest BCUT2D eigenvalue weighted by Crippen LogP contribution is 2.39. The highest BCUT2D eigenvalue weighted by atomic mass is 16.7.